The van der Waals surface area contributed by atoms with Gasteiger partial charge in [0.25, 0.3) is 0 Å². The minimum absolute atomic E-state index is 0.0274. The Kier molecular flexibility index (Phi) is 4.95. The van der Waals surface area contributed by atoms with Gasteiger partial charge in [0.15, 0.2) is 17.3 Å². The number of phosphoric acid groups is 1. The molecule has 3 aliphatic rings. The number of fused-ring (bicyclic) bond motifs is 1. The van der Waals surface area contributed by atoms with E-state index in [0.717, 1.165) is 0 Å². The molecule has 5 atom stereocenters. The second-order valence-electron chi connectivity index (χ2n) is 8.74. The molecule has 3 unspecified atom stereocenters. The number of halogens is 1. The lowest BCUT2D eigenvalue weighted by atomic mass is 9.89. The van der Waals surface area contributed by atoms with E-state index in [1.54, 1.807) is 6.33 Å². The number of nitrogens with zero attached hydrogens (tertiary/aromatic N) is 4. The highest BCUT2D eigenvalue weighted by Crippen LogP contribution is 2.73. The zero-order chi connectivity index (χ0) is 23.1. The number of nitrogens with two attached hydrogens (primary N) is 1. The number of anilines is 1. The summed E-state index contributed by atoms with van der Waals surface area (Å²) in [5, 5.41) is 0.0274. The maximum absolute atomic E-state index is 12.4. The van der Waals surface area contributed by atoms with Crippen molar-refractivity contribution in [2.24, 2.45) is 5.41 Å². The largest absolute Gasteiger partial charge is 0.474 e. The fourth-order valence-corrected chi connectivity index (χ4v) is 5.96. The Hall–Kier alpha value is -1.37. The lowest BCUT2D eigenvalue weighted by Gasteiger charge is -2.44. The molecule has 176 valence electrons. The summed E-state index contributed by atoms with van der Waals surface area (Å²) in [5.74, 6) is -0.642. The van der Waals surface area contributed by atoms with E-state index in [4.69, 9.17) is 45.1 Å². The van der Waals surface area contributed by atoms with E-state index in [9.17, 15) is 4.57 Å². The van der Waals surface area contributed by atoms with Gasteiger partial charge in [0.1, 0.15) is 17.7 Å². The predicted molar refractivity (Wildman–Crippen MR) is 112 cm³/mol. The van der Waals surface area contributed by atoms with Crippen LogP contribution in [0.4, 0.5) is 5.82 Å². The van der Waals surface area contributed by atoms with Gasteiger partial charge >= 0.3 is 7.82 Å². The van der Waals surface area contributed by atoms with Gasteiger partial charge in [-0.3, -0.25) is 13.6 Å². The van der Waals surface area contributed by atoms with Crippen LogP contribution in [0.5, 0.6) is 0 Å². The summed E-state index contributed by atoms with van der Waals surface area (Å²) in [6, 6.07) is 0. The van der Waals surface area contributed by atoms with Crippen molar-refractivity contribution in [2.75, 3.05) is 33.2 Å². The van der Waals surface area contributed by atoms with Gasteiger partial charge in [0, 0.05) is 14.2 Å². The molecule has 0 aromatic carbocycles. The topological polar surface area (TPSA) is 142 Å². The van der Waals surface area contributed by atoms with Crippen LogP contribution in [0.1, 0.15) is 20.8 Å². The average Bonchev–Trinajstić information content (AvgIpc) is 3.07. The van der Waals surface area contributed by atoms with Crippen molar-refractivity contribution >= 4 is 36.4 Å². The second kappa shape index (κ2) is 7.07. The van der Waals surface area contributed by atoms with Crippen LogP contribution in [0.25, 0.3) is 11.2 Å². The highest BCUT2D eigenvalue weighted by Gasteiger charge is 2.87. The van der Waals surface area contributed by atoms with Crippen LogP contribution < -0.4 is 5.73 Å². The Labute approximate surface area is 189 Å². The van der Waals surface area contributed by atoms with Crippen LogP contribution in [-0.4, -0.2) is 71.1 Å². The highest BCUT2D eigenvalue weighted by atomic mass is 35.5. The number of ether oxygens (including phenoxy) is 3. The summed E-state index contributed by atoms with van der Waals surface area (Å²) >= 11 is 6.06. The number of aromatic nitrogens is 4. The van der Waals surface area contributed by atoms with Gasteiger partial charge in [0.05, 0.1) is 36.6 Å². The van der Waals surface area contributed by atoms with Gasteiger partial charge in [-0.2, -0.15) is 9.97 Å². The zero-order valence-electron chi connectivity index (χ0n) is 18.3. The number of hydrogen-bond acceptors (Lipinski definition) is 11. The predicted octanol–water partition coefficient (Wildman–Crippen LogP) is 2.11. The van der Waals surface area contributed by atoms with Crippen molar-refractivity contribution in [1.29, 1.82) is 0 Å². The Morgan fingerprint density at radius 2 is 2.03 bits per heavy atom. The van der Waals surface area contributed by atoms with Crippen LogP contribution in [0, 0.1) is 5.41 Å². The zero-order valence-corrected chi connectivity index (χ0v) is 19.9. The fraction of sp³-hybridized carbons (Fsp3) is 0.722. The molecule has 2 aromatic rings. The first kappa shape index (κ1) is 22.4. The minimum atomic E-state index is -3.67. The molecule has 4 heterocycles. The van der Waals surface area contributed by atoms with E-state index in [0.29, 0.717) is 17.8 Å². The molecular formula is C18H25ClN5O7P. The van der Waals surface area contributed by atoms with Crippen molar-refractivity contribution in [3.8, 4) is 0 Å². The molecule has 32 heavy (non-hydrogen) atoms. The number of imidazole rings is 1. The average molecular weight is 490 g/mol. The van der Waals surface area contributed by atoms with E-state index in [2.05, 4.69) is 15.0 Å². The van der Waals surface area contributed by atoms with Crippen molar-refractivity contribution in [3.63, 3.8) is 0 Å². The molecule has 2 aliphatic heterocycles. The van der Waals surface area contributed by atoms with Crippen molar-refractivity contribution < 1.29 is 32.3 Å². The van der Waals surface area contributed by atoms with E-state index in [-0.39, 0.29) is 23.8 Å². The number of rotatable bonds is 6. The molecule has 0 bridgehead atoms. The Morgan fingerprint density at radius 1 is 1.31 bits per heavy atom. The van der Waals surface area contributed by atoms with Gasteiger partial charge in [-0.05, 0) is 32.4 Å². The first-order chi connectivity index (χ1) is 15.0. The van der Waals surface area contributed by atoms with E-state index in [1.165, 1.54) is 14.2 Å². The summed E-state index contributed by atoms with van der Waals surface area (Å²) in [7, 11) is -1.16. The third-order valence-corrected chi connectivity index (χ3v) is 8.33. The smallest absolute Gasteiger partial charge is 0.382 e. The lowest BCUT2D eigenvalue weighted by molar-refractivity contribution is -0.309. The van der Waals surface area contributed by atoms with Gasteiger partial charge in [0.2, 0.25) is 5.28 Å². The Bertz CT molecular complexity index is 1120. The summed E-state index contributed by atoms with van der Waals surface area (Å²) < 4.78 is 48.2. The third kappa shape index (κ3) is 2.91. The Balaban J connectivity index is 1.51. The van der Waals surface area contributed by atoms with E-state index < -0.39 is 36.8 Å². The Morgan fingerprint density at radius 3 is 2.72 bits per heavy atom. The first-order valence-electron chi connectivity index (χ1n) is 10.0. The monoisotopic (exact) mass is 489 g/mol. The summed E-state index contributed by atoms with van der Waals surface area (Å²) in [6.45, 7) is 6.01. The summed E-state index contributed by atoms with van der Waals surface area (Å²) in [6.07, 6.45) is 0.374. The van der Waals surface area contributed by atoms with Crippen molar-refractivity contribution in [3.05, 3.63) is 11.6 Å². The molecule has 14 heteroatoms. The van der Waals surface area contributed by atoms with Crippen molar-refractivity contribution in [1.82, 2.24) is 19.5 Å². The molecule has 1 saturated carbocycles. The standard InChI is InChI=1S/C18H25ClN5O7P/c1-16(2)28-7-18-11(31-16)9(6-29-32(25,26-4)27-5)30-14(18)17(18,3)24-8-21-10-12(20)22-15(19)23-13(10)24/h8-9,11,14H,6-7H2,1-5H3,(H2,20,22,23)/t9-,11?,14+,17?,18?/m1/s1. The van der Waals surface area contributed by atoms with Gasteiger partial charge in [-0.25, -0.2) is 9.55 Å². The molecule has 1 aliphatic carbocycles. The molecule has 0 radical (unpaired) electrons. The highest BCUT2D eigenvalue weighted by molar-refractivity contribution is 7.48. The maximum atomic E-state index is 12.4. The fourth-order valence-electron chi connectivity index (χ4n) is 5.10. The van der Waals surface area contributed by atoms with Gasteiger partial charge < -0.3 is 24.5 Å². The molecule has 1 spiro atoms. The van der Waals surface area contributed by atoms with Gasteiger partial charge in [-0.1, -0.05) is 0 Å². The SMILES string of the molecule is COP(=O)(OC)OC[C@H]1O[C@@H]2C3(COC(C)(C)OC13)C2(C)n1cnc2c(N)nc(Cl)nc21. The summed E-state index contributed by atoms with van der Waals surface area (Å²) in [4.78, 5) is 12.7. The molecule has 2 aromatic heterocycles. The van der Waals surface area contributed by atoms with Crippen LogP contribution in [0.3, 0.4) is 0 Å². The lowest BCUT2D eigenvalue weighted by Crippen LogP contribution is -2.54. The van der Waals surface area contributed by atoms with Crippen LogP contribution >= 0.6 is 19.4 Å². The molecule has 2 saturated heterocycles. The first-order valence-corrected chi connectivity index (χ1v) is 11.8. The molecule has 5 rings (SSSR count). The minimum Gasteiger partial charge on any atom is -0.382 e. The molecular weight excluding hydrogens is 465 g/mol. The second-order valence-corrected chi connectivity index (χ2v) is 11.0. The van der Waals surface area contributed by atoms with E-state index in [1.807, 2.05) is 25.3 Å². The van der Waals surface area contributed by atoms with Crippen LogP contribution in [0.2, 0.25) is 5.28 Å². The van der Waals surface area contributed by atoms with Gasteiger partial charge in [-0.15, -0.1) is 0 Å². The summed E-state index contributed by atoms with van der Waals surface area (Å²) in [5.41, 5.74) is 5.75. The molecule has 12 nitrogen and oxygen atoms in total. The number of hydrogen-bond donors (Lipinski definition) is 1. The van der Waals surface area contributed by atoms with E-state index >= 15 is 0 Å². The van der Waals surface area contributed by atoms with Crippen LogP contribution in [0.15, 0.2) is 6.33 Å². The molecule has 2 N–H and O–H groups in total. The maximum Gasteiger partial charge on any atom is 0.474 e. The quantitative estimate of drug-likeness (QED) is 0.470. The number of nitrogen functional groups attached to an aromatic ring is 1. The molecule has 0 amide bonds. The normalized spacial score (nSPS) is 35.6. The number of phosphoric ester groups is 1. The van der Waals surface area contributed by atoms with Crippen LogP contribution in [-0.2, 0) is 37.9 Å². The third-order valence-electron chi connectivity index (χ3n) is 6.80. The molecule has 3 fully saturated rings. The van der Waals surface area contributed by atoms with Crippen molar-refractivity contribution in [2.45, 2.75) is 50.4 Å².